The summed E-state index contributed by atoms with van der Waals surface area (Å²) in [5.41, 5.74) is 0.0182. The molecule has 1 rings (SSSR count). The van der Waals surface area contributed by atoms with Gasteiger partial charge in [0.1, 0.15) is 6.61 Å². The summed E-state index contributed by atoms with van der Waals surface area (Å²) in [6.07, 6.45) is 1.17. The van der Waals surface area contributed by atoms with Crippen molar-refractivity contribution < 1.29 is 69.4 Å². The number of halogens is 3. The molecule has 0 atom stereocenters. The molecule has 0 unspecified atom stereocenters. The maximum absolute atomic E-state index is 11.9. The zero-order valence-electron chi connectivity index (χ0n) is 7.62. The number of aliphatic hydroxyl groups excluding tert-OH is 1. The van der Waals surface area contributed by atoms with Gasteiger partial charge in [0.15, 0.2) is 5.82 Å². The first-order chi connectivity index (χ1) is 6.01. The average Bonchev–Trinajstić information content (AvgIpc) is 2.03. The van der Waals surface area contributed by atoms with Gasteiger partial charge in [-0.1, -0.05) is 6.32 Å². The summed E-state index contributed by atoms with van der Waals surface area (Å²) in [7, 11) is 0. The summed E-state index contributed by atoms with van der Waals surface area (Å²) in [5.74, 6) is 0.124. The molecule has 72 valence electrons. The first-order valence-electron chi connectivity index (χ1n) is 3.63. The van der Waals surface area contributed by atoms with Crippen molar-refractivity contribution in [1.82, 2.24) is 9.97 Å². The average molecular weight is 230 g/mol. The van der Waals surface area contributed by atoms with Crippen molar-refractivity contribution in [3.8, 4) is 0 Å². The summed E-state index contributed by atoms with van der Waals surface area (Å²) in [6.45, 7) is -5.20. The summed E-state index contributed by atoms with van der Waals surface area (Å²) in [6, 6.07) is 0. The second kappa shape index (κ2) is 6.19. The molecule has 0 saturated carbocycles. The summed E-state index contributed by atoms with van der Waals surface area (Å²) < 4.78 is 35.6. The third-order valence-corrected chi connectivity index (χ3v) is 1.37. The van der Waals surface area contributed by atoms with Gasteiger partial charge in [0, 0.05) is 12.4 Å². The van der Waals surface area contributed by atoms with Crippen molar-refractivity contribution in [3.05, 3.63) is 23.8 Å². The van der Waals surface area contributed by atoms with Crippen molar-refractivity contribution in [2.45, 2.75) is 12.9 Å². The number of hydrogen-bond donors (Lipinski definition) is 1. The van der Waals surface area contributed by atoms with Crippen LogP contribution >= 0.6 is 0 Å². The van der Waals surface area contributed by atoms with E-state index in [1.165, 1.54) is 0 Å². The smallest absolute Gasteiger partial charge is 0.449 e. The van der Waals surface area contributed by atoms with E-state index in [2.05, 4.69) is 9.97 Å². The quantitative estimate of drug-likeness (QED) is 0.605. The summed E-state index contributed by atoms with van der Waals surface area (Å²) >= 11 is 0. The molecular weight excluding hydrogens is 223 g/mol. The molecule has 0 radical (unpaired) electrons. The van der Waals surface area contributed by atoms with E-state index >= 15 is 0 Å². The van der Waals surface area contributed by atoms with E-state index in [0.717, 1.165) is 12.4 Å². The minimum atomic E-state index is -4.84. The van der Waals surface area contributed by atoms with Crippen LogP contribution in [0.3, 0.4) is 0 Å². The molecule has 0 spiro atoms. The molecule has 0 aliphatic rings. The van der Waals surface area contributed by atoms with Crippen LogP contribution in [0, 0.1) is 0 Å². The Hall–Kier alpha value is 0.531. The monoisotopic (exact) mass is 230 g/mol. The third kappa shape index (κ3) is 5.42. The van der Waals surface area contributed by atoms with Crippen LogP contribution in [-0.2, 0) is 12.9 Å². The number of hydrogen-bond acceptors (Lipinski definition) is 3. The van der Waals surface area contributed by atoms with E-state index in [4.69, 9.17) is 5.11 Å². The molecule has 0 fully saturated rings. The molecule has 1 aromatic rings. The number of aromatic nitrogens is 2. The van der Waals surface area contributed by atoms with Gasteiger partial charge in [-0.05, 0) is 5.56 Å². The van der Waals surface area contributed by atoms with Gasteiger partial charge in [-0.2, -0.15) is 0 Å². The topological polar surface area (TPSA) is 46.0 Å². The minimum Gasteiger partial charge on any atom is -0.449 e. The van der Waals surface area contributed by atoms with E-state index in [1.807, 2.05) is 0 Å². The van der Waals surface area contributed by atoms with E-state index < -0.39 is 13.3 Å². The first-order valence-corrected chi connectivity index (χ1v) is 3.63. The van der Waals surface area contributed by atoms with Crippen LogP contribution in [-0.4, -0.2) is 22.1 Å². The van der Waals surface area contributed by atoms with Crippen molar-refractivity contribution in [2.75, 3.05) is 0 Å². The standard InChI is InChI=1S/C6H7BF3N2O.K/c8-7(9,10)1-5-2-11-6(4-13)12-3-5;/h2-3,13H,1,4H2;/q-1;+1. The molecule has 14 heavy (non-hydrogen) atoms. The molecule has 1 heterocycles. The van der Waals surface area contributed by atoms with Crippen molar-refractivity contribution in [2.24, 2.45) is 0 Å². The van der Waals surface area contributed by atoms with Crippen LogP contribution in [0.2, 0.25) is 0 Å². The molecule has 1 N–H and O–H groups in total. The van der Waals surface area contributed by atoms with Gasteiger partial charge in [-0.3, -0.25) is 0 Å². The Labute approximate surface area is 122 Å². The Morgan fingerprint density at radius 2 is 1.71 bits per heavy atom. The molecule has 0 aromatic carbocycles. The zero-order valence-corrected chi connectivity index (χ0v) is 10.7. The SMILES string of the molecule is OCc1ncc(C[B-](F)(F)F)cn1.[K+]. The van der Waals surface area contributed by atoms with Gasteiger partial charge in [-0.15, -0.1) is 0 Å². The summed E-state index contributed by atoms with van der Waals surface area (Å²) in [5, 5.41) is 8.52. The molecule has 0 saturated heterocycles. The Morgan fingerprint density at radius 3 is 2.07 bits per heavy atom. The van der Waals surface area contributed by atoms with Crippen LogP contribution in [0.5, 0.6) is 0 Å². The van der Waals surface area contributed by atoms with Crippen LogP contribution in [0.1, 0.15) is 11.4 Å². The largest absolute Gasteiger partial charge is 1.00 e. The molecule has 0 bridgehead atoms. The predicted octanol–water partition coefficient (Wildman–Crippen LogP) is -2.10. The normalized spacial score (nSPS) is 10.9. The second-order valence-corrected chi connectivity index (χ2v) is 2.58. The van der Waals surface area contributed by atoms with Gasteiger partial charge in [0.2, 0.25) is 0 Å². The van der Waals surface area contributed by atoms with Crippen LogP contribution in [0.15, 0.2) is 12.4 Å². The van der Waals surface area contributed by atoms with Crippen molar-refractivity contribution in [3.63, 3.8) is 0 Å². The number of rotatable bonds is 3. The Balaban J connectivity index is 0.00000169. The van der Waals surface area contributed by atoms with Crippen LogP contribution < -0.4 is 51.4 Å². The minimum absolute atomic E-state index is 0. The van der Waals surface area contributed by atoms with Gasteiger partial charge in [-0.25, -0.2) is 9.97 Å². The Morgan fingerprint density at radius 1 is 1.21 bits per heavy atom. The maximum atomic E-state index is 11.9. The fourth-order valence-corrected chi connectivity index (χ4v) is 0.836. The van der Waals surface area contributed by atoms with E-state index in [-0.39, 0.29) is 69.4 Å². The van der Waals surface area contributed by atoms with Crippen LogP contribution in [0.4, 0.5) is 12.9 Å². The Kier molecular flexibility index (Phi) is 6.42. The third-order valence-electron chi connectivity index (χ3n) is 1.37. The predicted molar refractivity (Wildman–Crippen MR) is 40.7 cm³/mol. The number of aliphatic hydroxyl groups is 1. The molecule has 8 heteroatoms. The second-order valence-electron chi connectivity index (χ2n) is 2.58. The van der Waals surface area contributed by atoms with Gasteiger partial charge >= 0.3 is 58.4 Å². The van der Waals surface area contributed by atoms with Gasteiger partial charge < -0.3 is 18.1 Å². The molecule has 1 aromatic heterocycles. The van der Waals surface area contributed by atoms with Crippen molar-refractivity contribution >= 4 is 6.98 Å². The van der Waals surface area contributed by atoms with E-state index in [0.29, 0.717) is 0 Å². The van der Waals surface area contributed by atoms with Crippen molar-refractivity contribution in [1.29, 1.82) is 0 Å². The number of nitrogens with zero attached hydrogens (tertiary/aromatic N) is 2. The van der Waals surface area contributed by atoms with Gasteiger partial charge in [0.25, 0.3) is 0 Å². The zero-order chi connectivity index (χ0) is 9.90. The fourth-order valence-electron chi connectivity index (χ4n) is 0.836. The summed E-state index contributed by atoms with van der Waals surface area (Å²) in [4.78, 5) is 7.06. The molecule has 0 amide bonds. The Bertz CT molecular complexity index is 279. The fraction of sp³-hybridized carbons (Fsp3) is 0.333. The molecule has 0 aliphatic carbocycles. The van der Waals surface area contributed by atoms with E-state index in [1.54, 1.807) is 0 Å². The maximum Gasteiger partial charge on any atom is 1.00 e. The van der Waals surface area contributed by atoms with E-state index in [9.17, 15) is 12.9 Å². The first kappa shape index (κ1) is 14.5. The molecule has 0 aliphatic heterocycles. The molecular formula is C6H7BF3KN2O. The van der Waals surface area contributed by atoms with Crippen LogP contribution in [0.25, 0.3) is 0 Å². The molecule has 3 nitrogen and oxygen atoms in total. The van der Waals surface area contributed by atoms with Gasteiger partial charge in [0.05, 0.1) is 0 Å².